The van der Waals surface area contributed by atoms with Gasteiger partial charge in [-0.3, -0.25) is 14.4 Å². The van der Waals surface area contributed by atoms with Crippen molar-refractivity contribution in [2.24, 2.45) is 0 Å². The number of hydrogen-bond donors (Lipinski definition) is 1. The maximum atomic E-state index is 12.9. The number of rotatable bonds is 7. The molecular formula is C25H25BrN2O5. The number of carbonyl (C=O) groups excluding carboxylic acids is 4. The van der Waals surface area contributed by atoms with Crippen molar-refractivity contribution in [3.05, 3.63) is 64.1 Å². The zero-order chi connectivity index (χ0) is 23.4. The van der Waals surface area contributed by atoms with Crippen molar-refractivity contribution in [1.29, 1.82) is 0 Å². The molecule has 1 heterocycles. The van der Waals surface area contributed by atoms with Crippen LogP contribution < -0.4 is 10.2 Å². The van der Waals surface area contributed by atoms with Gasteiger partial charge >= 0.3 is 5.97 Å². The van der Waals surface area contributed by atoms with Gasteiger partial charge in [0, 0.05) is 16.1 Å². The molecule has 1 saturated heterocycles. The topological polar surface area (TPSA) is 92.8 Å². The van der Waals surface area contributed by atoms with Crippen LogP contribution in [0.15, 0.2) is 53.0 Å². The molecule has 4 rings (SSSR count). The Morgan fingerprint density at radius 1 is 0.939 bits per heavy atom. The molecule has 33 heavy (non-hydrogen) atoms. The van der Waals surface area contributed by atoms with E-state index in [0.717, 1.165) is 30.2 Å². The van der Waals surface area contributed by atoms with Crippen molar-refractivity contribution in [2.75, 3.05) is 11.5 Å². The number of esters is 1. The molecule has 0 radical (unpaired) electrons. The number of benzene rings is 2. The summed E-state index contributed by atoms with van der Waals surface area (Å²) in [5, 5.41) is 3.35. The molecule has 1 aliphatic carbocycles. The molecule has 8 heteroatoms. The number of halogens is 1. The molecule has 1 aliphatic heterocycles. The second-order valence-electron chi connectivity index (χ2n) is 8.38. The van der Waals surface area contributed by atoms with Gasteiger partial charge in [-0.15, -0.1) is 0 Å². The smallest absolute Gasteiger partial charge is 0.338 e. The number of amides is 2. The third-order valence-corrected chi connectivity index (χ3v) is 6.58. The summed E-state index contributed by atoms with van der Waals surface area (Å²) in [6.45, 7) is -0.375. The Morgan fingerprint density at radius 3 is 2.24 bits per heavy atom. The van der Waals surface area contributed by atoms with E-state index in [4.69, 9.17) is 4.74 Å². The molecule has 0 aromatic heterocycles. The summed E-state index contributed by atoms with van der Waals surface area (Å²) in [5.74, 6) is -1.48. The Labute approximate surface area is 200 Å². The largest absolute Gasteiger partial charge is 0.454 e. The lowest BCUT2D eigenvalue weighted by Gasteiger charge is -2.25. The highest BCUT2D eigenvalue weighted by Gasteiger charge is 2.40. The molecule has 2 aliphatic rings. The second-order valence-corrected chi connectivity index (χ2v) is 9.29. The first-order chi connectivity index (χ1) is 15.9. The molecule has 2 amide bonds. The van der Waals surface area contributed by atoms with E-state index in [-0.39, 0.29) is 42.2 Å². The fourth-order valence-electron chi connectivity index (χ4n) is 4.27. The zero-order valence-corrected chi connectivity index (χ0v) is 19.7. The number of nitrogens with zero attached hydrogens (tertiary/aromatic N) is 1. The van der Waals surface area contributed by atoms with Crippen LogP contribution in [-0.2, 0) is 14.3 Å². The highest BCUT2D eigenvalue weighted by Crippen LogP contribution is 2.26. The van der Waals surface area contributed by atoms with Gasteiger partial charge in [-0.05, 0) is 49.2 Å². The maximum absolute atomic E-state index is 12.9. The molecule has 0 bridgehead atoms. The van der Waals surface area contributed by atoms with Gasteiger partial charge < -0.3 is 10.1 Å². The molecule has 1 unspecified atom stereocenters. The molecule has 1 atom stereocenters. The molecule has 2 aromatic carbocycles. The molecular weight excluding hydrogens is 488 g/mol. The number of Topliss-reactive ketones (excluding diaryl/α,β-unsaturated/α-hetero) is 1. The Morgan fingerprint density at radius 2 is 1.58 bits per heavy atom. The summed E-state index contributed by atoms with van der Waals surface area (Å²) in [6, 6.07) is 12.6. The van der Waals surface area contributed by atoms with Gasteiger partial charge in [0.25, 0.3) is 5.91 Å². The first-order valence-corrected chi connectivity index (χ1v) is 11.9. The minimum absolute atomic E-state index is 0.136. The number of carbonyl (C=O) groups is 4. The van der Waals surface area contributed by atoms with Gasteiger partial charge in [0.05, 0.1) is 23.7 Å². The standard InChI is InChI=1S/C25H25BrN2O5/c26-18-10-6-16(7-11-18)22(29)15-33-25(32)17-8-12-20(13-9-17)28-23(30)14-21(24(28)31)27-19-4-2-1-3-5-19/h6-13,19,21,27H,1-5,14-15H2. The monoisotopic (exact) mass is 512 g/mol. The van der Waals surface area contributed by atoms with Crippen LogP contribution in [0.3, 0.4) is 0 Å². The third kappa shape index (κ3) is 5.57. The van der Waals surface area contributed by atoms with E-state index < -0.39 is 12.0 Å². The Hall–Kier alpha value is -2.84. The second kappa shape index (κ2) is 10.4. The average Bonchev–Trinajstić information content (AvgIpc) is 3.11. The zero-order valence-electron chi connectivity index (χ0n) is 18.1. The molecule has 172 valence electrons. The molecule has 0 spiro atoms. The van der Waals surface area contributed by atoms with E-state index in [0.29, 0.717) is 11.3 Å². The number of ether oxygens (including phenoxy) is 1. The van der Waals surface area contributed by atoms with Gasteiger partial charge in [-0.25, -0.2) is 9.69 Å². The first kappa shape index (κ1) is 23.3. The molecule has 7 nitrogen and oxygen atoms in total. The van der Waals surface area contributed by atoms with Gasteiger partial charge in [0.2, 0.25) is 5.91 Å². The molecule has 2 fully saturated rings. The number of anilines is 1. The van der Waals surface area contributed by atoms with Gasteiger partial charge in [-0.1, -0.05) is 47.3 Å². The summed E-state index contributed by atoms with van der Waals surface area (Å²) >= 11 is 3.30. The van der Waals surface area contributed by atoms with Crippen LogP contribution in [0.25, 0.3) is 0 Å². The summed E-state index contributed by atoms with van der Waals surface area (Å²) in [7, 11) is 0. The number of nitrogens with one attached hydrogen (secondary N) is 1. The van der Waals surface area contributed by atoms with Gasteiger partial charge in [0.15, 0.2) is 12.4 Å². The third-order valence-electron chi connectivity index (χ3n) is 6.05. The van der Waals surface area contributed by atoms with Crippen molar-refractivity contribution >= 4 is 45.2 Å². The number of hydrogen-bond acceptors (Lipinski definition) is 6. The average molecular weight is 513 g/mol. The quantitative estimate of drug-likeness (QED) is 0.341. The fraction of sp³-hybridized carbons (Fsp3) is 0.360. The van der Waals surface area contributed by atoms with E-state index in [2.05, 4.69) is 21.2 Å². The normalized spacial score (nSPS) is 19.1. The van der Waals surface area contributed by atoms with E-state index >= 15 is 0 Å². The van der Waals surface area contributed by atoms with Crippen LogP contribution in [0, 0.1) is 0 Å². The van der Waals surface area contributed by atoms with Crippen LogP contribution in [-0.4, -0.2) is 42.3 Å². The van der Waals surface area contributed by atoms with Crippen LogP contribution in [0.4, 0.5) is 5.69 Å². The fourth-order valence-corrected chi connectivity index (χ4v) is 4.53. The number of imide groups is 1. The van der Waals surface area contributed by atoms with E-state index in [1.807, 2.05) is 0 Å². The minimum Gasteiger partial charge on any atom is -0.454 e. The first-order valence-electron chi connectivity index (χ1n) is 11.1. The molecule has 1 saturated carbocycles. The Balaban J connectivity index is 1.34. The lowest BCUT2D eigenvalue weighted by Crippen LogP contribution is -2.44. The van der Waals surface area contributed by atoms with Crippen LogP contribution in [0.5, 0.6) is 0 Å². The van der Waals surface area contributed by atoms with Crippen molar-refractivity contribution in [3.8, 4) is 0 Å². The Bertz CT molecular complexity index is 1050. The minimum atomic E-state index is -0.650. The van der Waals surface area contributed by atoms with Crippen molar-refractivity contribution in [1.82, 2.24) is 5.32 Å². The van der Waals surface area contributed by atoms with Crippen molar-refractivity contribution in [2.45, 2.75) is 50.6 Å². The summed E-state index contributed by atoms with van der Waals surface area (Å²) in [5.41, 5.74) is 1.10. The summed E-state index contributed by atoms with van der Waals surface area (Å²) in [6.07, 6.45) is 5.69. The predicted molar refractivity (Wildman–Crippen MR) is 126 cm³/mol. The maximum Gasteiger partial charge on any atom is 0.338 e. The van der Waals surface area contributed by atoms with Crippen LogP contribution in [0.2, 0.25) is 0 Å². The van der Waals surface area contributed by atoms with Crippen molar-refractivity contribution in [3.63, 3.8) is 0 Å². The van der Waals surface area contributed by atoms with E-state index in [1.54, 1.807) is 36.4 Å². The van der Waals surface area contributed by atoms with Gasteiger partial charge in [0.1, 0.15) is 0 Å². The van der Waals surface area contributed by atoms with Crippen molar-refractivity contribution < 1.29 is 23.9 Å². The molecule has 1 N–H and O–H groups in total. The van der Waals surface area contributed by atoms with Crippen LogP contribution >= 0.6 is 15.9 Å². The predicted octanol–water partition coefficient (Wildman–Crippen LogP) is 4.04. The SMILES string of the molecule is O=C(COC(=O)c1ccc(N2C(=O)CC(NC3CCCCC3)C2=O)cc1)c1ccc(Br)cc1. The number of ketones is 1. The van der Waals surface area contributed by atoms with Crippen LogP contribution in [0.1, 0.15) is 59.2 Å². The Kier molecular flexibility index (Phi) is 7.35. The molecule has 2 aromatic rings. The highest BCUT2D eigenvalue weighted by molar-refractivity contribution is 9.10. The van der Waals surface area contributed by atoms with E-state index in [9.17, 15) is 19.2 Å². The summed E-state index contributed by atoms with van der Waals surface area (Å²) in [4.78, 5) is 51.1. The van der Waals surface area contributed by atoms with Gasteiger partial charge in [-0.2, -0.15) is 0 Å². The highest BCUT2D eigenvalue weighted by atomic mass is 79.9. The lowest BCUT2D eigenvalue weighted by atomic mass is 9.95. The summed E-state index contributed by atoms with van der Waals surface area (Å²) < 4.78 is 5.98. The van der Waals surface area contributed by atoms with E-state index in [1.165, 1.54) is 23.5 Å². The lowest BCUT2D eigenvalue weighted by molar-refractivity contribution is -0.121.